The van der Waals surface area contributed by atoms with Crippen LogP contribution < -0.4 is 4.74 Å². The van der Waals surface area contributed by atoms with Crippen molar-refractivity contribution in [2.75, 3.05) is 27.2 Å². The van der Waals surface area contributed by atoms with Gasteiger partial charge in [0.15, 0.2) is 0 Å². The Labute approximate surface area is 114 Å². The second-order valence-corrected chi connectivity index (χ2v) is 5.45. The van der Waals surface area contributed by atoms with Crippen molar-refractivity contribution in [2.45, 2.75) is 32.6 Å². The van der Waals surface area contributed by atoms with Gasteiger partial charge in [-0.1, -0.05) is 19.9 Å². The van der Waals surface area contributed by atoms with Gasteiger partial charge in [0.25, 0.3) is 5.92 Å². The Kier molecular flexibility index (Phi) is 5.29. The fraction of sp³-hybridized carbons (Fsp3) is 0.600. The van der Waals surface area contributed by atoms with E-state index in [4.69, 9.17) is 4.74 Å². The van der Waals surface area contributed by atoms with E-state index in [0.717, 1.165) is 12.5 Å². The maximum Gasteiger partial charge on any atom is 0.274 e. The molecule has 108 valence electrons. The Bertz CT molecular complexity index is 411. The largest absolute Gasteiger partial charge is 0.492 e. The minimum absolute atomic E-state index is 0.0301. The molecule has 0 saturated heterocycles. The Morgan fingerprint density at radius 1 is 1.26 bits per heavy atom. The molecule has 2 nitrogen and oxygen atoms in total. The van der Waals surface area contributed by atoms with E-state index in [2.05, 4.69) is 0 Å². The molecule has 0 aliphatic carbocycles. The molecule has 19 heavy (non-hydrogen) atoms. The third-order valence-corrected chi connectivity index (χ3v) is 2.94. The minimum Gasteiger partial charge on any atom is -0.492 e. The van der Waals surface area contributed by atoms with Crippen LogP contribution in [0.3, 0.4) is 0 Å². The lowest BCUT2D eigenvalue weighted by atomic mass is 9.98. The number of hydrogen-bond donors (Lipinski definition) is 0. The topological polar surface area (TPSA) is 12.5 Å². The molecule has 0 amide bonds. The monoisotopic (exact) mass is 271 g/mol. The first kappa shape index (κ1) is 15.9. The third-order valence-electron chi connectivity index (χ3n) is 2.94. The van der Waals surface area contributed by atoms with Crippen LogP contribution in [0.1, 0.15) is 37.8 Å². The Morgan fingerprint density at radius 3 is 2.37 bits per heavy atom. The maximum atomic E-state index is 13.7. The summed E-state index contributed by atoms with van der Waals surface area (Å²) in [7, 11) is 3.83. The van der Waals surface area contributed by atoms with E-state index in [1.54, 1.807) is 12.1 Å². The maximum absolute atomic E-state index is 13.7. The molecule has 0 radical (unpaired) electrons. The standard InChI is InChI=1S/C15H23F2NO/c1-11(2)12-6-7-14(19-9-8-18(4)5)13(10-12)15(3,16)17/h6-7,10-11H,8-9H2,1-5H3. The number of hydrogen-bond acceptors (Lipinski definition) is 2. The molecule has 1 rings (SSSR count). The van der Waals surface area contributed by atoms with Gasteiger partial charge < -0.3 is 9.64 Å². The van der Waals surface area contributed by atoms with Gasteiger partial charge in [-0.25, -0.2) is 8.78 Å². The zero-order chi connectivity index (χ0) is 14.6. The van der Waals surface area contributed by atoms with Crippen LogP contribution >= 0.6 is 0 Å². The van der Waals surface area contributed by atoms with Gasteiger partial charge in [-0.3, -0.25) is 0 Å². The molecule has 0 bridgehead atoms. The molecular weight excluding hydrogens is 248 g/mol. The van der Waals surface area contributed by atoms with Crippen molar-refractivity contribution < 1.29 is 13.5 Å². The summed E-state index contributed by atoms with van der Waals surface area (Å²) >= 11 is 0. The average Bonchev–Trinajstić information content (AvgIpc) is 2.27. The zero-order valence-electron chi connectivity index (χ0n) is 12.3. The van der Waals surface area contributed by atoms with Crippen molar-refractivity contribution in [3.63, 3.8) is 0 Å². The van der Waals surface area contributed by atoms with E-state index < -0.39 is 5.92 Å². The average molecular weight is 271 g/mol. The van der Waals surface area contributed by atoms with E-state index in [0.29, 0.717) is 13.2 Å². The van der Waals surface area contributed by atoms with Gasteiger partial charge in [0.05, 0.1) is 5.56 Å². The molecular formula is C15H23F2NO. The summed E-state index contributed by atoms with van der Waals surface area (Å²) in [6, 6.07) is 5.05. The van der Waals surface area contributed by atoms with Gasteiger partial charge in [0, 0.05) is 13.5 Å². The van der Waals surface area contributed by atoms with Gasteiger partial charge in [0.1, 0.15) is 12.4 Å². The van der Waals surface area contributed by atoms with Crippen LogP contribution in [0.15, 0.2) is 18.2 Å². The molecule has 0 aliphatic heterocycles. The molecule has 0 N–H and O–H groups in total. The lowest BCUT2D eigenvalue weighted by Gasteiger charge is -2.19. The molecule has 0 saturated carbocycles. The Morgan fingerprint density at radius 2 is 1.89 bits per heavy atom. The van der Waals surface area contributed by atoms with Crippen LogP contribution in [-0.4, -0.2) is 32.1 Å². The smallest absolute Gasteiger partial charge is 0.274 e. The number of alkyl halides is 2. The first-order valence-electron chi connectivity index (χ1n) is 6.51. The van der Waals surface area contributed by atoms with Gasteiger partial charge in [-0.2, -0.15) is 0 Å². The molecule has 0 spiro atoms. The number of rotatable bonds is 6. The van der Waals surface area contributed by atoms with Crippen molar-refractivity contribution in [2.24, 2.45) is 0 Å². The normalized spacial score (nSPS) is 12.3. The Balaban J connectivity index is 2.96. The molecule has 0 unspecified atom stereocenters. The highest BCUT2D eigenvalue weighted by molar-refractivity contribution is 5.41. The van der Waals surface area contributed by atoms with E-state index in [9.17, 15) is 8.78 Å². The summed E-state index contributed by atoms with van der Waals surface area (Å²) in [4.78, 5) is 1.95. The van der Waals surface area contributed by atoms with E-state index in [-0.39, 0.29) is 17.2 Å². The third kappa shape index (κ3) is 4.78. The van der Waals surface area contributed by atoms with Crippen LogP contribution in [-0.2, 0) is 5.92 Å². The predicted octanol–water partition coefficient (Wildman–Crippen LogP) is 3.86. The summed E-state index contributed by atoms with van der Waals surface area (Å²) in [5.74, 6) is -2.39. The molecule has 0 heterocycles. The van der Waals surface area contributed by atoms with Gasteiger partial charge in [0.2, 0.25) is 0 Å². The summed E-state index contributed by atoms with van der Waals surface area (Å²) < 4.78 is 32.8. The number of nitrogens with zero attached hydrogens (tertiary/aromatic N) is 1. The highest BCUT2D eigenvalue weighted by Gasteiger charge is 2.29. The molecule has 4 heteroatoms. The zero-order valence-corrected chi connectivity index (χ0v) is 12.3. The van der Waals surface area contributed by atoms with E-state index in [1.807, 2.05) is 38.9 Å². The predicted molar refractivity (Wildman–Crippen MR) is 74.1 cm³/mol. The summed E-state index contributed by atoms with van der Waals surface area (Å²) in [5.41, 5.74) is 0.869. The molecule has 0 atom stereocenters. The van der Waals surface area contributed by atoms with Gasteiger partial charge in [-0.05, 0) is 37.7 Å². The fourth-order valence-electron chi connectivity index (χ4n) is 1.71. The highest BCUT2D eigenvalue weighted by atomic mass is 19.3. The van der Waals surface area contributed by atoms with Crippen molar-refractivity contribution in [1.82, 2.24) is 4.90 Å². The Hall–Kier alpha value is -1.16. The molecule has 1 aromatic carbocycles. The quantitative estimate of drug-likeness (QED) is 0.779. The number of benzene rings is 1. The fourth-order valence-corrected chi connectivity index (χ4v) is 1.71. The molecule has 1 aromatic rings. The van der Waals surface area contributed by atoms with Crippen LogP contribution in [0.2, 0.25) is 0 Å². The molecule has 0 aliphatic rings. The summed E-state index contributed by atoms with van der Waals surface area (Å²) in [6.45, 7) is 5.97. The second-order valence-electron chi connectivity index (χ2n) is 5.45. The van der Waals surface area contributed by atoms with Crippen molar-refractivity contribution >= 4 is 0 Å². The highest BCUT2D eigenvalue weighted by Crippen LogP contribution is 2.36. The second kappa shape index (κ2) is 6.33. The lowest BCUT2D eigenvalue weighted by Crippen LogP contribution is -2.20. The van der Waals surface area contributed by atoms with Crippen LogP contribution in [0, 0.1) is 0 Å². The number of ether oxygens (including phenoxy) is 1. The first-order chi connectivity index (χ1) is 8.71. The van der Waals surface area contributed by atoms with Gasteiger partial charge >= 0.3 is 0 Å². The van der Waals surface area contributed by atoms with Crippen molar-refractivity contribution in [1.29, 1.82) is 0 Å². The lowest BCUT2D eigenvalue weighted by molar-refractivity contribution is 0.0142. The summed E-state index contributed by atoms with van der Waals surface area (Å²) in [6.07, 6.45) is 0. The molecule has 0 fully saturated rings. The van der Waals surface area contributed by atoms with Crippen molar-refractivity contribution in [3.05, 3.63) is 29.3 Å². The van der Waals surface area contributed by atoms with E-state index >= 15 is 0 Å². The van der Waals surface area contributed by atoms with Crippen molar-refractivity contribution in [3.8, 4) is 5.75 Å². The summed E-state index contributed by atoms with van der Waals surface area (Å²) in [5, 5.41) is 0. The van der Waals surface area contributed by atoms with Crippen LogP contribution in [0.4, 0.5) is 8.78 Å². The molecule has 0 aromatic heterocycles. The SMILES string of the molecule is CC(C)c1ccc(OCCN(C)C)c(C(C)(F)F)c1. The first-order valence-corrected chi connectivity index (χ1v) is 6.51. The van der Waals surface area contributed by atoms with Crippen LogP contribution in [0.25, 0.3) is 0 Å². The number of halogens is 2. The van der Waals surface area contributed by atoms with E-state index in [1.165, 1.54) is 0 Å². The van der Waals surface area contributed by atoms with Gasteiger partial charge in [-0.15, -0.1) is 0 Å². The number of likely N-dealkylation sites (N-methyl/N-ethyl adjacent to an activating group) is 1. The van der Waals surface area contributed by atoms with Crippen LogP contribution in [0.5, 0.6) is 5.75 Å². The minimum atomic E-state index is -2.89.